The highest BCUT2D eigenvalue weighted by Crippen LogP contribution is 2.36. The fourth-order valence-corrected chi connectivity index (χ4v) is 6.61. The lowest BCUT2D eigenvalue weighted by Crippen LogP contribution is -2.36. The molecule has 0 amide bonds. The molecule has 3 aliphatic heterocycles. The van der Waals surface area contributed by atoms with Gasteiger partial charge in [-0.1, -0.05) is 53.0 Å². The molecule has 7 nitrogen and oxygen atoms in total. The number of hydrogen-bond donors (Lipinski definition) is 3. The first-order valence-corrected chi connectivity index (χ1v) is 13.6. The highest BCUT2D eigenvalue weighted by molar-refractivity contribution is 7.96. The molecule has 2 aromatic carbocycles. The van der Waals surface area contributed by atoms with Gasteiger partial charge < -0.3 is 10.1 Å². The smallest absolute Gasteiger partial charge is 0.243 e. The van der Waals surface area contributed by atoms with Gasteiger partial charge in [0, 0.05) is 33.9 Å². The summed E-state index contributed by atoms with van der Waals surface area (Å²) in [6.45, 7) is 0. The van der Waals surface area contributed by atoms with Crippen molar-refractivity contribution in [2.24, 2.45) is 5.10 Å². The number of halogens is 3. The number of rotatable bonds is 6. The number of nitrogens with zero attached hydrogens (tertiary/aromatic N) is 2. The Labute approximate surface area is 216 Å². The van der Waals surface area contributed by atoms with E-state index < -0.39 is 16.1 Å². The molecule has 0 aromatic heterocycles. The Hall–Kier alpha value is -2.14. The van der Waals surface area contributed by atoms with E-state index in [1.165, 1.54) is 12.1 Å². The predicted octanol–water partition coefficient (Wildman–Crippen LogP) is 5.42. The van der Waals surface area contributed by atoms with Gasteiger partial charge in [-0.15, -0.1) is 0 Å². The van der Waals surface area contributed by atoms with Crippen molar-refractivity contribution in [3.05, 3.63) is 104 Å². The fourth-order valence-electron chi connectivity index (χ4n) is 3.86. The molecular weight excluding hydrogens is 537 g/mol. The van der Waals surface area contributed by atoms with Gasteiger partial charge in [-0.05, 0) is 47.5 Å². The van der Waals surface area contributed by atoms with E-state index in [-0.39, 0.29) is 10.9 Å². The molecule has 34 heavy (non-hydrogen) atoms. The van der Waals surface area contributed by atoms with Crippen molar-refractivity contribution in [1.29, 1.82) is 0 Å². The molecule has 12 heteroatoms. The Kier molecular flexibility index (Phi) is 6.58. The topological polar surface area (TPSA) is 85.8 Å². The zero-order valence-electron chi connectivity index (χ0n) is 17.4. The van der Waals surface area contributed by atoms with Crippen LogP contribution in [-0.2, 0) is 10.0 Å². The molecule has 5 rings (SSSR count). The van der Waals surface area contributed by atoms with Crippen molar-refractivity contribution in [2.75, 3.05) is 0 Å². The lowest BCUT2D eigenvalue weighted by molar-refractivity contribution is 0.581. The summed E-state index contributed by atoms with van der Waals surface area (Å²) >= 11 is 19.9. The van der Waals surface area contributed by atoms with Crippen molar-refractivity contribution >= 4 is 62.7 Å². The molecule has 2 atom stereocenters. The Balaban J connectivity index is 1.48. The van der Waals surface area contributed by atoms with Crippen LogP contribution in [0.25, 0.3) is 0 Å². The van der Waals surface area contributed by atoms with E-state index in [4.69, 9.17) is 34.8 Å². The molecule has 0 aliphatic carbocycles. The van der Waals surface area contributed by atoms with E-state index in [0.717, 1.165) is 5.56 Å². The standard InChI is InChI=1S/C22H18Cl3N5O2S2/c23-14-5-3-13(4-6-14)18-11-19(28-27-18)22(16-8-7-15(24)10-17(16)25)29-34(31,32)21-2-1-9-30-20(21)12-26-33-30/h1-10,12,18,22,26-27,29H,11H2. The second-order valence-electron chi connectivity index (χ2n) is 7.70. The summed E-state index contributed by atoms with van der Waals surface area (Å²) in [5.74, 6) is 0. The van der Waals surface area contributed by atoms with Crippen LogP contribution in [0.5, 0.6) is 0 Å². The van der Waals surface area contributed by atoms with Crippen LogP contribution in [0.4, 0.5) is 0 Å². The highest BCUT2D eigenvalue weighted by Gasteiger charge is 2.36. The van der Waals surface area contributed by atoms with Crippen molar-refractivity contribution < 1.29 is 8.42 Å². The monoisotopic (exact) mass is 553 g/mol. The third kappa shape index (κ3) is 4.68. The van der Waals surface area contributed by atoms with Crippen LogP contribution < -0.4 is 14.9 Å². The quantitative estimate of drug-likeness (QED) is 0.414. The van der Waals surface area contributed by atoms with Gasteiger partial charge in [0.1, 0.15) is 4.91 Å². The lowest BCUT2D eigenvalue weighted by atomic mass is 9.96. The molecular formula is C22H18Cl3N5O2S2. The van der Waals surface area contributed by atoms with Gasteiger partial charge in [0.2, 0.25) is 10.0 Å². The maximum Gasteiger partial charge on any atom is 0.243 e. The minimum absolute atomic E-state index is 0.129. The molecule has 0 fully saturated rings. The maximum atomic E-state index is 13.6. The van der Waals surface area contributed by atoms with E-state index in [9.17, 15) is 8.42 Å². The number of hydrogen-bond acceptors (Lipinski definition) is 7. The van der Waals surface area contributed by atoms with E-state index in [0.29, 0.717) is 38.5 Å². The molecule has 3 aliphatic rings. The third-order valence-corrected chi connectivity index (χ3v) is 8.55. The van der Waals surface area contributed by atoms with Gasteiger partial charge in [-0.25, -0.2) is 8.42 Å². The number of fused-ring (bicyclic) bond motifs is 1. The van der Waals surface area contributed by atoms with Crippen LogP contribution in [0.3, 0.4) is 0 Å². The predicted molar refractivity (Wildman–Crippen MR) is 139 cm³/mol. The second-order valence-corrected chi connectivity index (χ2v) is 11.5. The van der Waals surface area contributed by atoms with Crippen LogP contribution in [0.2, 0.25) is 15.1 Å². The number of benzene rings is 2. The number of nitrogens with one attached hydrogen (secondary N) is 3. The number of sulfonamides is 1. The minimum atomic E-state index is -3.96. The molecule has 3 N–H and O–H groups in total. The fraction of sp³-hybridized carbons (Fsp3) is 0.136. The Morgan fingerprint density at radius 3 is 2.65 bits per heavy atom. The first-order valence-electron chi connectivity index (χ1n) is 10.2. The van der Waals surface area contributed by atoms with Crippen LogP contribution in [0.1, 0.15) is 29.6 Å². The summed E-state index contributed by atoms with van der Waals surface area (Å²) < 4.78 is 34.6. The summed E-state index contributed by atoms with van der Waals surface area (Å²) in [5, 5.41) is 5.93. The summed E-state index contributed by atoms with van der Waals surface area (Å²) in [5.41, 5.74) is 5.79. The van der Waals surface area contributed by atoms with Gasteiger partial charge >= 0.3 is 0 Å². The zero-order valence-corrected chi connectivity index (χ0v) is 21.3. The normalized spacial score (nSPS) is 20.1. The summed E-state index contributed by atoms with van der Waals surface area (Å²) in [4.78, 5) is 0.142. The van der Waals surface area contributed by atoms with E-state index in [1.807, 2.05) is 24.3 Å². The average molecular weight is 555 g/mol. The third-order valence-electron chi connectivity index (χ3n) is 5.52. The van der Waals surface area contributed by atoms with Gasteiger partial charge in [-0.3, -0.25) is 4.31 Å². The minimum Gasteiger partial charge on any atom is -0.316 e. The second kappa shape index (κ2) is 9.49. The first-order chi connectivity index (χ1) is 16.3. The lowest BCUT2D eigenvalue weighted by Gasteiger charge is -2.24. The van der Waals surface area contributed by atoms with Gasteiger partial charge in [0.25, 0.3) is 0 Å². The van der Waals surface area contributed by atoms with Crippen LogP contribution >= 0.6 is 46.9 Å². The number of hydrazone groups is 1. The van der Waals surface area contributed by atoms with Crippen molar-refractivity contribution in [3.63, 3.8) is 0 Å². The van der Waals surface area contributed by atoms with Crippen LogP contribution in [0, 0.1) is 0 Å². The summed E-state index contributed by atoms with van der Waals surface area (Å²) in [7, 11) is -3.96. The zero-order chi connectivity index (χ0) is 23.9. The number of allylic oxidation sites excluding steroid dienone is 2. The molecule has 3 heterocycles. The van der Waals surface area contributed by atoms with Crippen molar-refractivity contribution in [2.45, 2.75) is 18.5 Å². The van der Waals surface area contributed by atoms with Crippen LogP contribution in [-0.4, -0.2) is 18.4 Å². The Morgan fingerprint density at radius 2 is 1.88 bits per heavy atom. The summed E-state index contributed by atoms with van der Waals surface area (Å²) in [6, 6.07) is 11.5. The molecule has 176 valence electrons. The van der Waals surface area contributed by atoms with E-state index in [1.54, 1.807) is 47.1 Å². The Morgan fingerprint density at radius 1 is 1.12 bits per heavy atom. The molecule has 0 bridgehead atoms. The van der Waals surface area contributed by atoms with E-state index in [2.05, 4.69) is 20.0 Å². The van der Waals surface area contributed by atoms with Gasteiger partial charge in [0.15, 0.2) is 0 Å². The first kappa shape index (κ1) is 23.6. The van der Waals surface area contributed by atoms with Gasteiger partial charge in [0.05, 0.1) is 35.6 Å². The molecule has 2 aromatic rings. The van der Waals surface area contributed by atoms with Crippen molar-refractivity contribution in [3.8, 4) is 0 Å². The molecule has 0 spiro atoms. The van der Waals surface area contributed by atoms with E-state index >= 15 is 0 Å². The molecule has 0 saturated carbocycles. The van der Waals surface area contributed by atoms with Crippen LogP contribution in [0.15, 0.2) is 82.7 Å². The molecule has 0 saturated heterocycles. The van der Waals surface area contributed by atoms with Crippen molar-refractivity contribution in [1.82, 2.24) is 19.2 Å². The SMILES string of the molecule is O=S(=O)(NC(C1=NNC(c2ccc(Cl)cc2)C1)c1ccc(Cl)cc1Cl)C1=CC=CN2SNC=C12. The maximum absolute atomic E-state index is 13.6. The average Bonchev–Trinajstić information content (AvgIpc) is 3.48. The molecule has 0 radical (unpaired) electrons. The molecule has 2 unspecified atom stereocenters. The highest BCUT2D eigenvalue weighted by atomic mass is 35.5. The summed E-state index contributed by atoms with van der Waals surface area (Å²) in [6.07, 6.45) is 7.14. The Bertz CT molecular complexity index is 1360. The largest absolute Gasteiger partial charge is 0.316 e. The van der Waals surface area contributed by atoms with Gasteiger partial charge in [-0.2, -0.15) is 9.82 Å².